The first-order chi connectivity index (χ1) is 19.3. The van der Waals surface area contributed by atoms with Crippen molar-refractivity contribution in [2.24, 2.45) is 0 Å². The van der Waals surface area contributed by atoms with Gasteiger partial charge in [-0.3, -0.25) is 4.79 Å². The van der Waals surface area contributed by atoms with Gasteiger partial charge < -0.3 is 34.9 Å². The lowest BCUT2D eigenvalue weighted by Gasteiger charge is -2.25. The lowest BCUT2D eigenvalue weighted by Crippen LogP contribution is -2.40. The van der Waals surface area contributed by atoms with Crippen molar-refractivity contribution in [1.29, 1.82) is 0 Å². The van der Waals surface area contributed by atoms with Crippen LogP contribution in [0.5, 0.6) is 11.5 Å². The fraction of sp³-hybridized carbons (Fsp3) is 0.276. The lowest BCUT2D eigenvalue weighted by atomic mass is 10.1. The van der Waals surface area contributed by atoms with Crippen LogP contribution in [0.1, 0.15) is 22.3 Å². The number of anilines is 2. The number of para-hydroxylation sites is 1. The largest absolute Gasteiger partial charge is 0.495 e. The smallest absolute Gasteiger partial charge is 0.335 e. The van der Waals surface area contributed by atoms with E-state index in [1.165, 1.54) is 19.2 Å². The maximum atomic E-state index is 13.3. The number of hydrogen-bond donors (Lipinski definition) is 3. The number of carbonyl (C=O) groups excluding carboxylic acids is 2. The van der Waals surface area contributed by atoms with Gasteiger partial charge in [0.2, 0.25) is 5.91 Å². The Morgan fingerprint density at radius 2 is 1.73 bits per heavy atom. The van der Waals surface area contributed by atoms with Crippen LogP contribution >= 0.6 is 15.9 Å². The summed E-state index contributed by atoms with van der Waals surface area (Å²) in [5.74, 6) is -0.154. The van der Waals surface area contributed by atoms with Crippen molar-refractivity contribution >= 4 is 45.2 Å². The second-order valence-electron chi connectivity index (χ2n) is 9.20. The number of amides is 3. The number of rotatable bonds is 10. The van der Waals surface area contributed by atoms with Gasteiger partial charge in [-0.05, 0) is 76.4 Å². The van der Waals surface area contributed by atoms with Crippen LogP contribution in [0.15, 0.2) is 71.2 Å². The highest BCUT2D eigenvalue weighted by Gasteiger charge is 2.35. The van der Waals surface area contributed by atoms with E-state index in [4.69, 9.17) is 19.3 Å². The van der Waals surface area contributed by atoms with Crippen molar-refractivity contribution in [3.05, 3.63) is 82.3 Å². The van der Waals surface area contributed by atoms with Gasteiger partial charge in [-0.2, -0.15) is 0 Å². The predicted molar refractivity (Wildman–Crippen MR) is 153 cm³/mol. The highest BCUT2D eigenvalue weighted by Crippen LogP contribution is 2.28. The van der Waals surface area contributed by atoms with Crippen LogP contribution in [-0.2, 0) is 16.0 Å². The van der Waals surface area contributed by atoms with Gasteiger partial charge in [0.1, 0.15) is 18.1 Å². The normalized spacial score (nSPS) is 16.3. The first kappa shape index (κ1) is 28.9. The van der Waals surface area contributed by atoms with E-state index < -0.39 is 12.0 Å². The number of halogens is 1. The fourth-order valence-electron chi connectivity index (χ4n) is 4.46. The summed E-state index contributed by atoms with van der Waals surface area (Å²) in [5, 5.41) is 14.6. The maximum absolute atomic E-state index is 13.3. The summed E-state index contributed by atoms with van der Waals surface area (Å²) in [4.78, 5) is 38.7. The van der Waals surface area contributed by atoms with Gasteiger partial charge in [0.15, 0.2) is 0 Å². The number of benzene rings is 3. The van der Waals surface area contributed by atoms with Gasteiger partial charge in [0.05, 0.1) is 42.6 Å². The number of hydrogen-bond acceptors (Lipinski definition) is 6. The van der Waals surface area contributed by atoms with Crippen molar-refractivity contribution in [3.63, 3.8) is 0 Å². The highest BCUT2D eigenvalue weighted by atomic mass is 79.9. The van der Waals surface area contributed by atoms with Crippen molar-refractivity contribution in [2.45, 2.75) is 25.0 Å². The van der Waals surface area contributed by atoms with Gasteiger partial charge >= 0.3 is 12.0 Å². The summed E-state index contributed by atoms with van der Waals surface area (Å²) in [6.07, 6.45) is 0.630. The predicted octanol–water partition coefficient (Wildman–Crippen LogP) is 5.04. The summed E-state index contributed by atoms with van der Waals surface area (Å²) in [6, 6.07) is 18.0. The summed E-state index contributed by atoms with van der Waals surface area (Å²) in [5.41, 5.74) is 1.98. The number of carboxylic acid groups (broad SMARTS) is 1. The minimum atomic E-state index is -1.01. The number of urea groups is 1. The molecule has 0 aliphatic carbocycles. The SMILES string of the molecule is COc1cc(CC(=O)N2C[C@H](OC)C[C@H]2COc2ccc(C(=O)O)cc2)ccc1NC(=O)Nc1ccccc1Br. The molecule has 10 nitrogen and oxygen atoms in total. The number of likely N-dealkylation sites (tertiary alicyclic amines) is 1. The van der Waals surface area contributed by atoms with Crippen molar-refractivity contribution < 1.29 is 33.7 Å². The summed E-state index contributed by atoms with van der Waals surface area (Å²) in [6.45, 7) is 0.685. The minimum absolute atomic E-state index is 0.0937. The van der Waals surface area contributed by atoms with E-state index in [1.54, 1.807) is 48.4 Å². The number of ether oxygens (including phenoxy) is 3. The Labute approximate surface area is 240 Å². The molecular weight excluding hydrogens is 582 g/mol. The van der Waals surface area contributed by atoms with Crippen LogP contribution in [0, 0.1) is 0 Å². The first-order valence-electron chi connectivity index (χ1n) is 12.5. The molecule has 1 aliphatic heterocycles. The van der Waals surface area contributed by atoms with Gasteiger partial charge in [-0.25, -0.2) is 9.59 Å². The third-order valence-corrected chi connectivity index (χ3v) is 7.26. The first-order valence-corrected chi connectivity index (χ1v) is 13.3. The third kappa shape index (κ3) is 7.30. The molecule has 0 aromatic heterocycles. The quantitative estimate of drug-likeness (QED) is 0.293. The molecule has 0 spiro atoms. The Bertz CT molecular complexity index is 1370. The Balaban J connectivity index is 1.39. The van der Waals surface area contributed by atoms with Gasteiger partial charge in [-0.1, -0.05) is 18.2 Å². The number of aromatic carboxylic acids is 1. The molecule has 3 N–H and O–H groups in total. The molecule has 1 saturated heterocycles. The molecule has 3 amide bonds. The zero-order valence-corrected chi connectivity index (χ0v) is 23.6. The molecule has 1 aliphatic rings. The maximum Gasteiger partial charge on any atom is 0.335 e. The number of methoxy groups -OCH3 is 2. The second-order valence-corrected chi connectivity index (χ2v) is 10.1. The molecule has 210 valence electrons. The topological polar surface area (TPSA) is 126 Å². The molecule has 3 aromatic rings. The molecule has 0 radical (unpaired) electrons. The van der Waals surface area contributed by atoms with Crippen LogP contribution in [0.2, 0.25) is 0 Å². The average Bonchev–Trinajstić information content (AvgIpc) is 3.38. The average molecular weight is 612 g/mol. The summed E-state index contributed by atoms with van der Waals surface area (Å²) >= 11 is 3.40. The van der Waals surface area contributed by atoms with E-state index in [9.17, 15) is 14.4 Å². The Morgan fingerprint density at radius 1 is 1.00 bits per heavy atom. The van der Waals surface area contributed by atoms with Gasteiger partial charge in [0.25, 0.3) is 0 Å². The molecule has 4 rings (SSSR count). The fourth-order valence-corrected chi connectivity index (χ4v) is 4.84. The van der Waals surface area contributed by atoms with E-state index in [1.807, 2.05) is 18.2 Å². The molecule has 0 unspecified atom stereocenters. The summed E-state index contributed by atoms with van der Waals surface area (Å²) < 4.78 is 17.6. The molecule has 0 saturated carbocycles. The third-order valence-electron chi connectivity index (χ3n) is 6.56. The van der Waals surface area contributed by atoms with Crippen LogP contribution in [0.25, 0.3) is 0 Å². The standard InChI is InChI=1S/C29H30BrN3O7/c1-38-22-15-20(17-40-21-10-8-19(9-11-21)28(35)36)33(16-22)27(34)14-18-7-12-25(26(13-18)39-2)32-29(37)31-24-6-4-3-5-23(24)30/h3-13,20,22H,14-17H2,1-2H3,(H,35,36)(H2,31,32,37)/t20-,22+/m0/s1. The summed E-state index contributed by atoms with van der Waals surface area (Å²) in [7, 11) is 3.11. The molecule has 1 fully saturated rings. The van der Waals surface area contributed by atoms with E-state index in [0.29, 0.717) is 35.8 Å². The number of nitrogens with one attached hydrogen (secondary N) is 2. The number of carboxylic acids is 1. The Kier molecular flexibility index (Phi) is 9.62. The molecular formula is C29H30BrN3O7. The lowest BCUT2D eigenvalue weighted by molar-refractivity contribution is -0.132. The number of carbonyl (C=O) groups is 3. The molecule has 3 aromatic carbocycles. The molecule has 40 heavy (non-hydrogen) atoms. The van der Waals surface area contributed by atoms with Gasteiger partial charge in [0, 0.05) is 18.1 Å². The number of nitrogens with zero attached hydrogens (tertiary/aromatic N) is 1. The van der Waals surface area contributed by atoms with Crippen LogP contribution in [0.4, 0.5) is 16.2 Å². The second kappa shape index (κ2) is 13.3. The van der Waals surface area contributed by atoms with E-state index in [2.05, 4.69) is 26.6 Å². The zero-order chi connectivity index (χ0) is 28.6. The van der Waals surface area contributed by atoms with Crippen molar-refractivity contribution in [1.82, 2.24) is 4.90 Å². The Hall–Kier alpha value is -4.09. The molecule has 11 heteroatoms. The molecule has 1 heterocycles. The van der Waals surface area contributed by atoms with Crippen LogP contribution in [-0.4, -0.2) is 67.4 Å². The molecule has 0 bridgehead atoms. The Morgan fingerprint density at radius 3 is 2.40 bits per heavy atom. The van der Waals surface area contributed by atoms with E-state index in [0.717, 1.165) is 10.0 Å². The minimum Gasteiger partial charge on any atom is -0.495 e. The molecule has 2 atom stereocenters. The highest BCUT2D eigenvalue weighted by molar-refractivity contribution is 9.10. The van der Waals surface area contributed by atoms with E-state index in [-0.39, 0.29) is 36.6 Å². The van der Waals surface area contributed by atoms with Gasteiger partial charge in [-0.15, -0.1) is 0 Å². The monoisotopic (exact) mass is 611 g/mol. The van der Waals surface area contributed by atoms with Crippen molar-refractivity contribution in [3.8, 4) is 11.5 Å². The van der Waals surface area contributed by atoms with E-state index >= 15 is 0 Å². The van der Waals surface area contributed by atoms with Crippen molar-refractivity contribution in [2.75, 3.05) is 38.0 Å². The zero-order valence-electron chi connectivity index (χ0n) is 22.1. The van der Waals surface area contributed by atoms with Crippen LogP contribution < -0.4 is 20.1 Å². The van der Waals surface area contributed by atoms with Crippen LogP contribution in [0.3, 0.4) is 0 Å².